The van der Waals surface area contributed by atoms with E-state index in [2.05, 4.69) is 5.32 Å². The van der Waals surface area contributed by atoms with Gasteiger partial charge in [-0.15, -0.1) is 0 Å². The number of anilines is 1. The topological polar surface area (TPSA) is 107 Å². The first-order valence-electron chi connectivity index (χ1n) is 5.80. The van der Waals surface area contributed by atoms with Gasteiger partial charge in [0.2, 0.25) is 11.8 Å². The minimum absolute atomic E-state index is 0.199. The summed E-state index contributed by atoms with van der Waals surface area (Å²) >= 11 is 0. The Morgan fingerprint density at radius 1 is 1.32 bits per heavy atom. The molecule has 1 atom stereocenters. The zero-order chi connectivity index (χ0) is 13.6. The molecular formula is C12H11N3O4. The van der Waals surface area contributed by atoms with E-state index in [9.17, 15) is 14.4 Å². The molecule has 0 bridgehead atoms. The van der Waals surface area contributed by atoms with Crippen LogP contribution in [0.1, 0.15) is 18.9 Å². The first kappa shape index (κ1) is 11.5. The van der Waals surface area contributed by atoms with E-state index < -0.39 is 17.7 Å². The number of rotatable bonds is 1. The SMILES string of the molecule is Nc1ccc2c(c1)oc(=O)n2C1CCC(=O)NC1=O. The van der Waals surface area contributed by atoms with Crippen molar-refractivity contribution in [1.82, 2.24) is 9.88 Å². The number of nitrogens with two attached hydrogens (primary N) is 1. The van der Waals surface area contributed by atoms with Gasteiger partial charge in [-0.3, -0.25) is 19.5 Å². The molecule has 2 amide bonds. The Hall–Kier alpha value is -2.57. The Balaban J connectivity index is 2.15. The summed E-state index contributed by atoms with van der Waals surface area (Å²) in [5, 5.41) is 2.22. The van der Waals surface area contributed by atoms with Crippen LogP contribution >= 0.6 is 0 Å². The van der Waals surface area contributed by atoms with Gasteiger partial charge in [0.25, 0.3) is 0 Å². The third kappa shape index (κ3) is 1.79. The van der Waals surface area contributed by atoms with Gasteiger partial charge in [0.1, 0.15) is 6.04 Å². The van der Waals surface area contributed by atoms with E-state index in [4.69, 9.17) is 10.2 Å². The second kappa shape index (κ2) is 3.98. The van der Waals surface area contributed by atoms with E-state index in [0.29, 0.717) is 16.8 Å². The quantitative estimate of drug-likeness (QED) is 0.561. The Bertz CT molecular complexity index is 743. The Kier molecular flexibility index (Phi) is 2.41. The second-order valence-electron chi connectivity index (χ2n) is 4.43. The molecule has 1 fully saturated rings. The molecule has 2 heterocycles. The van der Waals surface area contributed by atoms with E-state index in [1.807, 2.05) is 0 Å². The number of benzene rings is 1. The molecule has 1 aliphatic heterocycles. The lowest BCUT2D eigenvalue weighted by Gasteiger charge is -2.21. The van der Waals surface area contributed by atoms with Crippen molar-refractivity contribution >= 4 is 28.6 Å². The van der Waals surface area contributed by atoms with Crippen LogP contribution < -0.4 is 16.8 Å². The highest BCUT2D eigenvalue weighted by Gasteiger charge is 2.31. The molecule has 3 N–H and O–H groups in total. The number of amides is 2. The molecule has 1 saturated heterocycles. The van der Waals surface area contributed by atoms with Gasteiger partial charge in [0.05, 0.1) is 5.52 Å². The second-order valence-corrected chi connectivity index (χ2v) is 4.43. The van der Waals surface area contributed by atoms with E-state index in [1.54, 1.807) is 12.1 Å². The number of piperidine rings is 1. The number of imide groups is 1. The Morgan fingerprint density at radius 2 is 2.11 bits per heavy atom. The van der Waals surface area contributed by atoms with Gasteiger partial charge in [-0.2, -0.15) is 0 Å². The fourth-order valence-corrected chi connectivity index (χ4v) is 2.28. The summed E-state index contributed by atoms with van der Waals surface area (Å²) in [4.78, 5) is 34.8. The van der Waals surface area contributed by atoms with Gasteiger partial charge in [0, 0.05) is 18.2 Å². The summed E-state index contributed by atoms with van der Waals surface area (Å²) in [5.74, 6) is -1.45. The average molecular weight is 261 g/mol. The largest absolute Gasteiger partial charge is 0.420 e. The molecule has 0 aliphatic carbocycles. The van der Waals surface area contributed by atoms with Gasteiger partial charge in [-0.1, -0.05) is 0 Å². The first-order chi connectivity index (χ1) is 9.06. The summed E-state index contributed by atoms with van der Waals surface area (Å²) in [6, 6.07) is 4.05. The van der Waals surface area contributed by atoms with Crippen molar-refractivity contribution in [1.29, 1.82) is 0 Å². The van der Waals surface area contributed by atoms with E-state index in [-0.39, 0.29) is 18.7 Å². The predicted molar refractivity (Wildman–Crippen MR) is 66.3 cm³/mol. The molecule has 1 unspecified atom stereocenters. The number of nitrogens with one attached hydrogen (secondary N) is 1. The highest BCUT2D eigenvalue weighted by molar-refractivity contribution is 6.00. The lowest BCUT2D eigenvalue weighted by atomic mass is 10.1. The monoisotopic (exact) mass is 261 g/mol. The van der Waals surface area contributed by atoms with E-state index in [0.717, 1.165) is 0 Å². The molecule has 0 radical (unpaired) electrons. The number of carbonyl (C=O) groups is 2. The number of nitrogens with zero attached hydrogens (tertiary/aromatic N) is 1. The molecule has 2 aromatic rings. The molecule has 0 saturated carbocycles. The maximum Gasteiger partial charge on any atom is 0.420 e. The summed E-state index contributed by atoms with van der Waals surface area (Å²) in [6.45, 7) is 0. The molecular weight excluding hydrogens is 250 g/mol. The normalized spacial score (nSPS) is 19.7. The van der Waals surface area contributed by atoms with Crippen LogP contribution in [0, 0.1) is 0 Å². The van der Waals surface area contributed by atoms with Crippen molar-refractivity contribution in [3.05, 3.63) is 28.7 Å². The third-order valence-corrected chi connectivity index (χ3v) is 3.16. The lowest BCUT2D eigenvalue weighted by molar-refractivity contribution is -0.135. The molecule has 19 heavy (non-hydrogen) atoms. The highest BCUT2D eigenvalue weighted by Crippen LogP contribution is 2.24. The van der Waals surface area contributed by atoms with Gasteiger partial charge >= 0.3 is 5.76 Å². The molecule has 0 spiro atoms. The zero-order valence-electron chi connectivity index (χ0n) is 9.88. The van der Waals surface area contributed by atoms with Crippen LogP contribution in [0.15, 0.2) is 27.4 Å². The number of carbonyl (C=O) groups excluding carboxylic acids is 2. The van der Waals surface area contributed by atoms with Gasteiger partial charge in [0.15, 0.2) is 5.58 Å². The van der Waals surface area contributed by atoms with Crippen molar-refractivity contribution in [2.24, 2.45) is 0 Å². The standard InChI is InChI=1S/C12H11N3O4/c13-6-1-2-7-9(5-6)19-12(18)15(7)8-3-4-10(16)14-11(8)17/h1-2,5,8H,3-4,13H2,(H,14,16,17). The Labute approximate surface area is 107 Å². The molecule has 7 heteroatoms. The average Bonchev–Trinajstić information content (AvgIpc) is 2.65. The van der Waals surface area contributed by atoms with Crippen molar-refractivity contribution in [3.63, 3.8) is 0 Å². The van der Waals surface area contributed by atoms with Crippen LogP contribution in [-0.2, 0) is 9.59 Å². The number of aromatic nitrogens is 1. The van der Waals surface area contributed by atoms with Crippen molar-refractivity contribution < 1.29 is 14.0 Å². The molecule has 98 valence electrons. The van der Waals surface area contributed by atoms with Crippen molar-refractivity contribution in [2.75, 3.05) is 5.73 Å². The lowest BCUT2D eigenvalue weighted by Crippen LogP contribution is -2.43. The number of hydrogen-bond acceptors (Lipinski definition) is 5. The number of oxazole rings is 1. The smallest absolute Gasteiger partial charge is 0.408 e. The summed E-state index contributed by atoms with van der Waals surface area (Å²) in [6.07, 6.45) is 0.480. The maximum atomic E-state index is 11.9. The fourth-order valence-electron chi connectivity index (χ4n) is 2.28. The van der Waals surface area contributed by atoms with E-state index >= 15 is 0 Å². The van der Waals surface area contributed by atoms with Gasteiger partial charge in [-0.05, 0) is 18.6 Å². The third-order valence-electron chi connectivity index (χ3n) is 3.16. The van der Waals surface area contributed by atoms with Crippen LogP contribution in [0.2, 0.25) is 0 Å². The number of hydrogen-bond donors (Lipinski definition) is 2. The molecule has 3 rings (SSSR count). The summed E-state index contributed by atoms with van der Waals surface area (Å²) < 4.78 is 6.33. The molecule has 7 nitrogen and oxygen atoms in total. The van der Waals surface area contributed by atoms with Crippen LogP contribution in [-0.4, -0.2) is 16.4 Å². The first-order valence-corrected chi connectivity index (χ1v) is 5.80. The van der Waals surface area contributed by atoms with Gasteiger partial charge < -0.3 is 10.2 Å². The van der Waals surface area contributed by atoms with Crippen molar-refractivity contribution in [2.45, 2.75) is 18.9 Å². The summed E-state index contributed by atoms with van der Waals surface area (Å²) in [5.41, 5.74) is 6.90. The molecule has 1 aromatic carbocycles. The maximum absolute atomic E-state index is 11.9. The van der Waals surface area contributed by atoms with Gasteiger partial charge in [-0.25, -0.2) is 4.79 Å². The highest BCUT2D eigenvalue weighted by atomic mass is 16.4. The van der Waals surface area contributed by atoms with Crippen molar-refractivity contribution in [3.8, 4) is 0 Å². The van der Waals surface area contributed by atoms with E-state index in [1.165, 1.54) is 10.6 Å². The fraction of sp³-hybridized carbons (Fsp3) is 0.250. The van der Waals surface area contributed by atoms with Crippen LogP contribution in [0.4, 0.5) is 5.69 Å². The van der Waals surface area contributed by atoms with Crippen LogP contribution in [0.5, 0.6) is 0 Å². The number of nitrogen functional groups attached to an aromatic ring is 1. The minimum Gasteiger partial charge on any atom is -0.408 e. The number of fused-ring (bicyclic) bond motifs is 1. The Morgan fingerprint density at radius 3 is 2.84 bits per heavy atom. The zero-order valence-corrected chi connectivity index (χ0v) is 9.88. The summed E-state index contributed by atoms with van der Waals surface area (Å²) in [7, 11) is 0. The van der Waals surface area contributed by atoms with Crippen LogP contribution in [0.3, 0.4) is 0 Å². The molecule has 1 aliphatic rings. The van der Waals surface area contributed by atoms with Crippen LogP contribution in [0.25, 0.3) is 11.1 Å². The minimum atomic E-state index is -0.727. The molecule has 1 aromatic heterocycles. The predicted octanol–water partition coefficient (Wildman–Crippen LogP) is 0.154.